The number of carbonyl (C=O) groups is 1. The van der Waals surface area contributed by atoms with Crippen LogP contribution < -0.4 is 5.32 Å². The van der Waals surface area contributed by atoms with E-state index in [4.69, 9.17) is 4.74 Å². The molecule has 3 heterocycles. The molecule has 2 aromatic rings. The molecule has 1 aliphatic heterocycles. The maximum atomic E-state index is 12.4. The maximum absolute atomic E-state index is 12.4. The highest BCUT2D eigenvalue weighted by Crippen LogP contribution is 2.27. The zero-order valence-corrected chi connectivity index (χ0v) is 15.7. The van der Waals surface area contributed by atoms with Crippen molar-refractivity contribution in [3.8, 4) is 9.88 Å². The van der Waals surface area contributed by atoms with Crippen LogP contribution in [0.2, 0.25) is 0 Å². The molecule has 0 aliphatic carbocycles. The second-order valence-corrected chi connectivity index (χ2v) is 7.99. The Balaban J connectivity index is 1.59. The summed E-state index contributed by atoms with van der Waals surface area (Å²) < 4.78 is 5.43. The van der Waals surface area contributed by atoms with Crippen molar-refractivity contribution in [2.24, 2.45) is 5.92 Å². The monoisotopic (exact) mass is 365 g/mol. The SMILES string of the molecule is CC(C)C(CNC(=O)c1csc(-c2cccs2)n1)N1CCOCC1. The average molecular weight is 366 g/mol. The first-order chi connectivity index (χ1) is 11.6. The Morgan fingerprint density at radius 1 is 1.38 bits per heavy atom. The number of nitrogens with zero attached hydrogens (tertiary/aromatic N) is 2. The molecular formula is C17H23N3O2S2. The van der Waals surface area contributed by atoms with Crippen molar-refractivity contribution in [1.29, 1.82) is 0 Å². The number of thiophene rings is 1. The first kappa shape index (κ1) is 17.5. The van der Waals surface area contributed by atoms with Crippen LogP contribution in [0.15, 0.2) is 22.9 Å². The Hall–Kier alpha value is -1.28. The Morgan fingerprint density at radius 2 is 2.17 bits per heavy atom. The van der Waals surface area contributed by atoms with Gasteiger partial charge >= 0.3 is 0 Å². The van der Waals surface area contributed by atoms with E-state index in [-0.39, 0.29) is 5.91 Å². The van der Waals surface area contributed by atoms with Gasteiger partial charge in [-0.2, -0.15) is 0 Å². The molecule has 1 saturated heterocycles. The number of hydrogen-bond donors (Lipinski definition) is 1. The zero-order valence-electron chi connectivity index (χ0n) is 14.0. The van der Waals surface area contributed by atoms with E-state index in [2.05, 4.69) is 29.0 Å². The fourth-order valence-corrected chi connectivity index (χ4v) is 4.49. The molecule has 0 bridgehead atoms. The summed E-state index contributed by atoms with van der Waals surface area (Å²) in [5, 5.41) is 7.83. The highest BCUT2D eigenvalue weighted by atomic mass is 32.1. The van der Waals surface area contributed by atoms with Crippen molar-refractivity contribution < 1.29 is 9.53 Å². The number of hydrogen-bond acceptors (Lipinski definition) is 6. The van der Waals surface area contributed by atoms with Crippen molar-refractivity contribution in [2.45, 2.75) is 19.9 Å². The topological polar surface area (TPSA) is 54.5 Å². The van der Waals surface area contributed by atoms with E-state index >= 15 is 0 Å². The lowest BCUT2D eigenvalue weighted by molar-refractivity contribution is 0.00671. The molecule has 0 saturated carbocycles. The normalized spacial score (nSPS) is 17.1. The van der Waals surface area contributed by atoms with Gasteiger partial charge in [0.25, 0.3) is 5.91 Å². The molecule has 2 aromatic heterocycles. The third kappa shape index (κ3) is 4.22. The smallest absolute Gasteiger partial charge is 0.270 e. The fourth-order valence-electron chi connectivity index (χ4n) is 2.87. The van der Waals surface area contributed by atoms with Gasteiger partial charge in [-0.1, -0.05) is 19.9 Å². The van der Waals surface area contributed by atoms with Crippen LogP contribution >= 0.6 is 22.7 Å². The van der Waals surface area contributed by atoms with E-state index in [1.165, 1.54) is 11.3 Å². The lowest BCUT2D eigenvalue weighted by Gasteiger charge is -2.36. The van der Waals surface area contributed by atoms with Crippen molar-refractivity contribution >= 4 is 28.6 Å². The van der Waals surface area contributed by atoms with E-state index < -0.39 is 0 Å². The Labute approximate surface area is 150 Å². The summed E-state index contributed by atoms with van der Waals surface area (Å²) in [6, 6.07) is 4.35. The van der Waals surface area contributed by atoms with Gasteiger partial charge in [-0.05, 0) is 17.4 Å². The van der Waals surface area contributed by atoms with Gasteiger partial charge in [-0.3, -0.25) is 9.69 Å². The molecule has 1 N–H and O–H groups in total. The third-order valence-electron chi connectivity index (χ3n) is 4.22. The van der Waals surface area contributed by atoms with E-state index in [0.29, 0.717) is 24.2 Å². The fraction of sp³-hybridized carbons (Fsp3) is 0.529. The van der Waals surface area contributed by atoms with Gasteiger partial charge < -0.3 is 10.1 Å². The minimum absolute atomic E-state index is 0.0898. The van der Waals surface area contributed by atoms with E-state index in [9.17, 15) is 4.79 Å². The largest absolute Gasteiger partial charge is 0.379 e. The van der Waals surface area contributed by atoms with Gasteiger partial charge in [0, 0.05) is 31.1 Å². The Kier molecular flexibility index (Phi) is 5.99. The second-order valence-electron chi connectivity index (χ2n) is 6.18. The molecule has 7 heteroatoms. The molecule has 1 unspecified atom stereocenters. The van der Waals surface area contributed by atoms with E-state index in [1.54, 1.807) is 11.3 Å². The van der Waals surface area contributed by atoms with Gasteiger partial charge in [-0.25, -0.2) is 4.98 Å². The summed E-state index contributed by atoms with van der Waals surface area (Å²) in [6.45, 7) is 8.44. The summed E-state index contributed by atoms with van der Waals surface area (Å²) in [5.74, 6) is 0.383. The van der Waals surface area contributed by atoms with Crippen molar-refractivity contribution in [1.82, 2.24) is 15.2 Å². The zero-order chi connectivity index (χ0) is 16.9. The lowest BCUT2D eigenvalue weighted by atomic mass is 10.0. The molecular weight excluding hydrogens is 342 g/mol. The number of thiazole rings is 1. The van der Waals surface area contributed by atoms with Crippen LogP contribution in [0.1, 0.15) is 24.3 Å². The molecule has 1 atom stereocenters. The van der Waals surface area contributed by atoms with Gasteiger partial charge in [0.05, 0.1) is 18.1 Å². The molecule has 1 amide bonds. The van der Waals surface area contributed by atoms with Gasteiger partial charge in [-0.15, -0.1) is 22.7 Å². The van der Waals surface area contributed by atoms with Crippen LogP contribution in [0, 0.1) is 5.92 Å². The lowest BCUT2D eigenvalue weighted by Crippen LogP contribution is -2.51. The number of carbonyl (C=O) groups excluding carboxylic acids is 1. The number of rotatable bonds is 6. The van der Waals surface area contributed by atoms with Crippen LogP contribution in [-0.2, 0) is 4.74 Å². The average Bonchev–Trinajstić information content (AvgIpc) is 3.27. The molecule has 5 nitrogen and oxygen atoms in total. The number of amides is 1. The number of aromatic nitrogens is 1. The summed E-state index contributed by atoms with van der Waals surface area (Å²) in [7, 11) is 0. The standard InChI is InChI=1S/C17H23N3O2S2/c1-12(2)14(20-5-7-22-8-6-20)10-18-16(21)13-11-24-17(19-13)15-4-3-9-23-15/h3-4,9,11-12,14H,5-8,10H2,1-2H3,(H,18,21). The second kappa shape index (κ2) is 8.20. The van der Waals surface area contributed by atoms with Crippen molar-refractivity contribution in [3.05, 3.63) is 28.6 Å². The predicted octanol–water partition coefficient (Wildman–Crippen LogP) is 2.96. The van der Waals surface area contributed by atoms with Gasteiger partial charge in [0.15, 0.2) is 0 Å². The number of morpholine rings is 1. The first-order valence-electron chi connectivity index (χ1n) is 8.24. The third-order valence-corrected chi connectivity index (χ3v) is 6.11. The van der Waals surface area contributed by atoms with Crippen LogP contribution in [0.4, 0.5) is 0 Å². The Bertz CT molecular complexity index is 649. The quantitative estimate of drug-likeness (QED) is 0.855. The molecule has 130 valence electrons. The van der Waals surface area contributed by atoms with Crippen molar-refractivity contribution in [3.63, 3.8) is 0 Å². The Morgan fingerprint density at radius 3 is 2.83 bits per heavy atom. The molecule has 0 radical (unpaired) electrons. The first-order valence-corrected chi connectivity index (χ1v) is 10.0. The molecule has 0 spiro atoms. The summed E-state index contributed by atoms with van der Waals surface area (Å²) in [5.41, 5.74) is 0.507. The summed E-state index contributed by atoms with van der Waals surface area (Å²) in [6.07, 6.45) is 0. The molecule has 1 aliphatic rings. The van der Waals surface area contributed by atoms with Crippen LogP contribution in [0.25, 0.3) is 9.88 Å². The van der Waals surface area contributed by atoms with Crippen LogP contribution in [-0.4, -0.2) is 54.7 Å². The molecule has 0 aromatic carbocycles. The molecule has 24 heavy (non-hydrogen) atoms. The van der Waals surface area contributed by atoms with Crippen LogP contribution in [0.5, 0.6) is 0 Å². The molecule has 1 fully saturated rings. The predicted molar refractivity (Wildman–Crippen MR) is 98.8 cm³/mol. The van der Waals surface area contributed by atoms with E-state index in [1.807, 2.05) is 22.9 Å². The van der Waals surface area contributed by atoms with Gasteiger partial charge in [0.2, 0.25) is 0 Å². The summed E-state index contributed by atoms with van der Waals surface area (Å²) in [4.78, 5) is 20.4. The maximum Gasteiger partial charge on any atom is 0.270 e. The van der Waals surface area contributed by atoms with Gasteiger partial charge in [0.1, 0.15) is 10.7 Å². The van der Waals surface area contributed by atoms with E-state index in [0.717, 1.165) is 36.2 Å². The highest BCUT2D eigenvalue weighted by molar-refractivity contribution is 7.20. The van der Waals surface area contributed by atoms with Crippen LogP contribution in [0.3, 0.4) is 0 Å². The highest BCUT2D eigenvalue weighted by Gasteiger charge is 2.24. The number of nitrogens with one attached hydrogen (secondary N) is 1. The number of ether oxygens (including phenoxy) is 1. The van der Waals surface area contributed by atoms with Crippen molar-refractivity contribution in [2.75, 3.05) is 32.8 Å². The summed E-state index contributed by atoms with van der Waals surface area (Å²) >= 11 is 3.16. The minimum Gasteiger partial charge on any atom is -0.379 e. The minimum atomic E-state index is -0.0898. The molecule has 3 rings (SSSR count).